The molecule has 1 aromatic rings. The second-order valence-electron chi connectivity index (χ2n) is 5.16. The van der Waals surface area contributed by atoms with Crippen LogP contribution in [0, 0.1) is 0 Å². The van der Waals surface area contributed by atoms with Gasteiger partial charge in [0.25, 0.3) is 0 Å². The van der Waals surface area contributed by atoms with Gasteiger partial charge in [-0.05, 0) is 43.4 Å². The highest BCUT2D eigenvalue weighted by Gasteiger charge is 2.41. The number of hydrogen-bond donors (Lipinski definition) is 0. The first-order valence-electron chi connectivity index (χ1n) is 7.02. The monoisotopic (exact) mass is 270 g/mol. The van der Waals surface area contributed by atoms with Gasteiger partial charge in [-0.3, -0.25) is 9.88 Å². The SMILES string of the molecule is C=COC(=O)N1C2CCC=C(c3ccccn3)C1CC2. The Morgan fingerprint density at radius 2 is 2.30 bits per heavy atom. The molecule has 3 rings (SSSR count). The summed E-state index contributed by atoms with van der Waals surface area (Å²) in [6, 6.07) is 6.23. The maximum Gasteiger partial charge on any atom is 0.415 e. The Morgan fingerprint density at radius 1 is 1.40 bits per heavy atom. The molecule has 1 saturated heterocycles. The zero-order valence-corrected chi connectivity index (χ0v) is 11.4. The number of carbonyl (C=O) groups is 1. The third-order valence-electron chi connectivity index (χ3n) is 4.08. The average molecular weight is 270 g/mol. The summed E-state index contributed by atoms with van der Waals surface area (Å²) in [5.74, 6) is 0. The molecule has 4 nitrogen and oxygen atoms in total. The van der Waals surface area contributed by atoms with Crippen LogP contribution in [-0.4, -0.2) is 28.1 Å². The minimum atomic E-state index is -0.295. The molecule has 20 heavy (non-hydrogen) atoms. The van der Waals surface area contributed by atoms with Crippen molar-refractivity contribution in [2.45, 2.75) is 37.8 Å². The van der Waals surface area contributed by atoms with Gasteiger partial charge in [-0.2, -0.15) is 0 Å². The van der Waals surface area contributed by atoms with Crippen LogP contribution in [0.4, 0.5) is 4.79 Å². The number of hydrogen-bond acceptors (Lipinski definition) is 3. The maximum atomic E-state index is 12.2. The fraction of sp³-hybridized carbons (Fsp3) is 0.375. The van der Waals surface area contributed by atoms with Crippen LogP contribution in [0.3, 0.4) is 0 Å². The fourth-order valence-electron chi connectivity index (χ4n) is 3.26. The van der Waals surface area contributed by atoms with Crippen molar-refractivity contribution in [1.82, 2.24) is 9.88 Å². The van der Waals surface area contributed by atoms with Gasteiger partial charge < -0.3 is 4.74 Å². The third kappa shape index (κ3) is 2.22. The molecule has 2 aliphatic heterocycles. The van der Waals surface area contributed by atoms with E-state index in [4.69, 9.17) is 4.74 Å². The Hall–Kier alpha value is -2.10. The summed E-state index contributed by atoms with van der Waals surface area (Å²) in [5, 5.41) is 0. The van der Waals surface area contributed by atoms with Crippen LogP contribution in [0.5, 0.6) is 0 Å². The molecule has 1 aromatic heterocycles. The van der Waals surface area contributed by atoms with E-state index in [9.17, 15) is 4.79 Å². The van der Waals surface area contributed by atoms with E-state index < -0.39 is 0 Å². The molecule has 1 fully saturated rings. The molecule has 0 N–H and O–H groups in total. The molecule has 2 atom stereocenters. The van der Waals surface area contributed by atoms with Crippen LogP contribution in [0.1, 0.15) is 31.4 Å². The van der Waals surface area contributed by atoms with Crippen molar-refractivity contribution < 1.29 is 9.53 Å². The molecule has 0 saturated carbocycles. The number of ether oxygens (including phenoxy) is 1. The van der Waals surface area contributed by atoms with Crippen LogP contribution in [-0.2, 0) is 4.74 Å². The summed E-state index contributed by atoms with van der Waals surface area (Å²) >= 11 is 0. The molecule has 2 unspecified atom stereocenters. The highest BCUT2D eigenvalue weighted by atomic mass is 16.5. The highest BCUT2D eigenvalue weighted by molar-refractivity contribution is 5.77. The lowest BCUT2D eigenvalue weighted by Gasteiger charge is -2.28. The number of fused-ring (bicyclic) bond motifs is 2. The minimum Gasteiger partial charge on any atom is -0.419 e. The predicted octanol–water partition coefficient (Wildman–Crippen LogP) is 3.37. The van der Waals surface area contributed by atoms with Crippen molar-refractivity contribution in [3.05, 3.63) is 49.0 Å². The second kappa shape index (κ2) is 5.49. The van der Waals surface area contributed by atoms with Crippen LogP contribution in [0.25, 0.3) is 5.57 Å². The number of allylic oxidation sites excluding steroid dienone is 1. The molecule has 0 radical (unpaired) electrons. The van der Waals surface area contributed by atoms with Gasteiger partial charge in [-0.15, -0.1) is 0 Å². The lowest BCUT2D eigenvalue weighted by Crippen LogP contribution is -2.40. The number of nitrogens with zero attached hydrogens (tertiary/aromatic N) is 2. The first kappa shape index (κ1) is 12.9. The maximum absolute atomic E-state index is 12.2. The topological polar surface area (TPSA) is 42.4 Å². The zero-order valence-electron chi connectivity index (χ0n) is 11.4. The average Bonchev–Trinajstić information content (AvgIpc) is 2.77. The van der Waals surface area contributed by atoms with E-state index in [2.05, 4.69) is 17.6 Å². The number of carbonyl (C=O) groups excluding carboxylic acids is 1. The molecule has 0 aliphatic carbocycles. The molecule has 2 aliphatic rings. The van der Waals surface area contributed by atoms with E-state index in [1.54, 1.807) is 6.20 Å². The Bertz CT molecular complexity index is 539. The minimum absolute atomic E-state index is 0.0739. The van der Waals surface area contributed by atoms with Crippen molar-refractivity contribution in [1.29, 1.82) is 0 Å². The van der Waals surface area contributed by atoms with Crippen LogP contribution >= 0.6 is 0 Å². The first-order chi connectivity index (χ1) is 9.81. The standard InChI is InChI=1S/C16H18N2O2/c1-2-20-16(19)18-12-6-5-7-13(15(18)10-9-12)14-8-3-4-11-17-14/h2-4,7-8,11-12,15H,1,5-6,9-10H2. The van der Waals surface area contributed by atoms with Crippen molar-refractivity contribution in [2.75, 3.05) is 0 Å². The molecule has 4 heteroatoms. The van der Waals surface area contributed by atoms with E-state index in [0.717, 1.165) is 37.0 Å². The molecule has 1 amide bonds. The van der Waals surface area contributed by atoms with Crippen LogP contribution in [0.2, 0.25) is 0 Å². The third-order valence-corrected chi connectivity index (χ3v) is 4.08. The van der Waals surface area contributed by atoms with Crippen molar-refractivity contribution in [3.8, 4) is 0 Å². The highest BCUT2D eigenvalue weighted by Crippen LogP contribution is 2.38. The molecule has 104 valence electrons. The van der Waals surface area contributed by atoms with Crippen molar-refractivity contribution in [3.63, 3.8) is 0 Å². The van der Waals surface area contributed by atoms with Gasteiger partial charge in [0.2, 0.25) is 0 Å². The zero-order chi connectivity index (χ0) is 13.9. The van der Waals surface area contributed by atoms with Gasteiger partial charge in [0.1, 0.15) is 0 Å². The van der Waals surface area contributed by atoms with Gasteiger partial charge in [-0.1, -0.05) is 18.7 Å². The first-order valence-corrected chi connectivity index (χ1v) is 7.02. The molecule has 2 bridgehead atoms. The van der Waals surface area contributed by atoms with Crippen molar-refractivity contribution >= 4 is 11.7 Å². The largest absolute Gasteiger partial charge is 0.419 e. The number of rotatable bonds is 2. The second-order valence-corrected chi connectivity index (χ2v) is 5.16. The fourth-order valence-corrected chi connectivity index (χ4v) is 3.26. The summed E-state index contributed by atoms with van der Waals surface area (Å²) < 4.78 is 5.01. The number of aromatic nitrogens is 1. The van der Waals surface area contributed by atoms with E-state index in [0.29, 0.717) is 0 Å². The van der Waals surface area contributed by atoms with E-state index >= 15 is 0 Å². The molecule has 0 aromatic carbocycles. The normalized spacial score (nSPS) is 24.8. The molecule has 0 spiro atoms. The van der Waals surface area contributed by atoms with Gasteiger partial charge >= 0.3 is 6.09 Å². The van der Waals surface area contributed by atoms with E-state index in [-0.39, 0.29) is 18.2 Å². The van der Waals surface area contributed by atoms with Gasteiger partial charge in [0.15, 0.2) is 0 Å². The molecule has 3 heterocycles. The summed E-state index contributed by atoms with van der Waals surface area (Å²) in [4.78, 5) is 18.5. The Balaban J connectivity index is 1.94. The Morgan fingerprint density at radius 3 is 3.05 bits per heavy atom. The van der Waals surface area contributed by atoms with Crippen LogP contribution in [0.15, 0.2) is 43.3 Å². The number of amides is 1. The molecular weight excluding hydrogens is 252 g/mol. The van der Waals surface area contributed by atoms with E-state index in [1.165, 1.54) is 6.26 Å². The lowest BCUT2D eigenvalue weighted by molar-refractivity contribution is 0.123. The summed E-state index contributed by atoms with van der Waals surface area (Å²) in [6.07, 6.45) is 8.89. The molecular formula is C16H18N2O2. The lowest BCUT2D eigenvalue weighted by atomic mass is 9.97. The van der Waals surface area contributed by atoms with E-state index in [1.807, 2.05) is 23.1 Å². The Kier molecular flexibility index (Phi) is 3.54. The predicted molar refractivity (Wildman–Crippen MR) is 76.8 cm³/mol. The van der Waals surface area contributed by atoms with Gasteiger partial charge in [0, 0.05) is 12.2 Å². The van der Waals surface area contributed by atoms with Crippen LogP contribution < -0.4 is 0 Å². The number of pyridine rings is 1. The van der Waals surface area contributed by atoms with Gasteiger partial charge in [0.05, 0.1) is 18.0 Å². The smallest absolute Gasteiger partial charge is 0.415 e. The quantitative estimate of drug-likeness (QED) is 0.774. The summed E-state index contributed by atoms with van der Waals surface area (Å²) in [5.41, 5.74) is 2.10. The van der Waals surface area contributed by atoms with Gasteiger partial charge in [-0.25, -0.2) is 4.79 Å². The summed E-state index contributed by atoms with van der Waals surface area (Å²) in [7, 11) is 0. The summed E-state index contributed by atoms with van der Waals surface area (Å²) in [6.45, 7) is 3.47. The van der Waals surface area contributed by atoms with Crippen molar-refractivity contribution in [2.24, 2.45) is 0 Å². The Labute approximate surface area is 118 Å².